The molecule has 4 rings (SSSR count). The Labute approximate surface area is 175 Å². The molecule has 30 heavy (non-hydrogen) atoms. The van der Waals surface area contributed by atoms with Gasteiger partial charge in [0, 0.05) is 29.6 Å². The SMILES string of the molecule is CN[C@H](C)C(=O)Nc1cc(-c2[nH]c3c(c2Nc2ccccc2)C(=O)CCC3)ccn1. The minimum atomic E-state index is -0.332. The van der Waals surface area contributed by atoms with E-state index >= 15 is 0 Å². The molecule has 1 atom stereocenters. The van der Waals surface area contributed by atoms with Crippen LogP contribution in [0.3, 0.4) is 0 Å². The van der Waals surface area contributed by atoms with E-state index in [-0.39, 0.29) is 17.7 Å². The molecule has 1 aromatic carbocycles. The number of likely N-dealkylation sites (N-methyl/N-ethyl adjacent to an activating group) is 1. The lowest BCUT2D eigenvalue weighted by Gasteiger charge is -2.14. The lowest BCUT2D eigenvalue weighted by molar-refractivity contribution is -0.117. The fraction of sp³-hybridized carbons (Fsp3) is 0.261. The summed E-state index contributed by atoms with van der Waals surface area (Å²) in [6.07, 6.45) is 3.88. The van der Waals surface area contributed by atoms with Gasteiger partial charge >= 0.3 is 0 Å². The highest BCUT2D eigenvalue weighted by Gasteiger charge is 2.27. The first kappa shape index (κ1) is 19.8. The van der Waals surface area contributed by atoms with E-state index in [0.717, 1.165) is 46.7 Å². The molecule has 3 aromatic rings. The van der Waals surface area contributed by atoms with Crippen LogP contribution in [0.25, 0.3) is 11.3 Å². The minimum Gasteiger partial charge on any atom is -0.356 e. The molecule has 1 aliphatic rings. The number of rotatable bonds is 6. The Morgan fingerprint density at radius 3 is 2.73 bits per heavy atom. The number of aromatic amines is 1. The van der Waals surface area contributed by atoms with Crippen LogP contribution in [0.2, 0.25) is 0 Å². The first-order chi connectivity index (χ1) is 14.6. The summed E-state index contributed by atoms with van der Waals surface area (Å²) in [5.41, 5.74) is 5.02. The maximum absolute atomic E-state index is 12.7. The number of aromatic nitrogens is 2. The van der Waals surface area contributed by atoms with Crippen molar-refractivity contribution in [3.63, 3.8) is 0 Å². The van der Waals surface area contributed by atoms with Gasteiger partial charge in [-0.25, -0.2) is 4.98 Å². The van der Waals surface area contributed by atoms with Crippen molar-refractivity contribution in [2.45, 2.75) is 32.2 Å². The lowest BCUT2D eigenvalue weighted by atomic mass is 9.95. The van der Waals surface area contributed by atoms with Gasteiger partial charge in [-0.3, -0.25) is 9.59 Å². The number of amides is 1. The molecule has 154 valence electrons. The maximum atomic E-state index is 12.7. The number of carbonyl (C=O) groups excluding carboxylic acids is 2. The van der Waals surface area contributed by atoms with E-state index < -0.39 is 0 Å². The quantitative estimate of drug-likeness (QED) is 0.501. The number of para-hydroxylation sites is 1. The van der Waals surface area contributed by atoms with Gasteiger partial charge in [-0.05, 0) is 51.1 Å². The van der Waals surface area contributed by atoms with Crippen molar-refractivity contribution in [2.75, 3.05) is 17.7 Å². The number of aryl methyl sites for hydroxylation is 1. The van der Waals surface area contributed by atoms with Crippen LogP contribution in [-0.2, 0) is 11.2 Å². The number of Topliss-reactive ketones (excluding diaryl/α,β-unsaturated/α-hetero) is 1. The third-order valence-corrected chi connectivity index (χ3v) is 5.36. The first-order valence-corrected chi connectivity index (χ1v) is 10.1. The topological polar surface area (TPSA) is 98.9 Å². The number of anilines is 3. The Kier molecular flexibility index (Phi) is 5.63. The number of nitrogens with zero attached hydrogens (tertiary/aromatic N) is 1. The van der Waals surface area contributed by atoms with Gasteiger partial charge in [0.2, 0.25) is 5.91 Å². The first-order valence-electron chi connectivity index (χ1n) is 10.1. The smallest absolute Gasteiger partial charge is 0.242 e. The van der Waals surface area contributed by atoms with Crippen LogP contribution in [0.15, 0.2) is 48.7 Å². The van der Waals surface area contributed by atoms with Crippen molar-refractivity contribution < 1.29 is 9.59 Å². The molecule has 1 aliphatic carbocycles. The summed E-state index contributed by atoms with van der Waals surface area (Å²) in [5, 5.41) is 9.17. The Balaban J connectivity index is 1.74. The third-order valence-electron chi connectivity index (χ3n) is 5.36. The fourth-order valence-corrected chi connectivity index (χ4v) is 3.63. The number of H-pyrrole nitrogens is 1. The second-order valence-electron chi connectivity index (χ2n) is 7.43. The lowest BCUT2D eigenvalue weighted by Crippen LogP contribution is -2.35. The number of hydrogen-bond donors (Lipinski definition) is 4. The molecule has 0 aliphatic heterocycles. The van der Waals surface area contributed by atoms with Gasteiger partial charge in [0.05, 0.1) is 23.0 Å². The zero-order valence-electron chi connectivity index (χ0n) is 17.1. The number of pyridine rings is 1. The van der Waals surface area contributed by atoms with Crippen LogP contribution < -0.4 is 16.0 Å². The van der Waals surface area contributed by atoms with Crippen LogP contribution in [-0.4, -0.2) is 34.7 Å². The Hall–Kier alpha value is -3.45. The number of carbonyl (C=O) groups is 2. The van der Waals surface area contributed by atoms with Crippen LogP contribution in [0.5, 0.6) is 0 Å². The van der Waals surface area contributed by atoms with Gasteiger partial charge in [0.25, 0.3) is 0 Å². The number of hydrogen-bond acceptors (Lipinski definition) is 5. The molecule has 2 heterocycles. The highest BCUT2D eigenvalue weighted by molar-refractivity contribution is 6.07. The van der Waals surface area contributed by atoms with Crippen LogP contribution in [0.4, 0.5) is 17.2 Å². The molecule has 4 N–H and O–H groups in total. The van der Waals surface area contributed by atoms with Crippen LogP contribution >= 0.6 is 0 Å². The maximum Gasteiger partial charge on any atom is 0.242 e. The van der Waals surface area contributed by atoms with Gasteiger partial charge < -0.3 is 20.9 Å². The molecule has 0 fully saturated rings. The summed E-state index contributed by atoms with van der Waals surface area (Å²) >= 11 is 0. The number of nitrogens with one attached hydrogen (secondary N) is 4. The van der Waals surface area contributed by atoms with Crippen LogP contribution in [0.1, 0.15) is 35.8 Å². The summed E-state index contributed by atoms with van der Waals surface area (Å²) in [6, 6.07) is 13.1. The summed E-state index contributed by atoms with van der Waals surface area (Å²) in [5.74, 6) is 0.442. The molecule has 0 unspecified atom stereocenters. The molecular formula is C23H25N5O2. The average molecular weight is 403 g/mol. The van der Waals surface area contributed by atoms with Gasteiger partial charge in [-0.2, -0.15) is 0 Å². The molecule has 0 spiro atoms. The standard InChI is InChI=1S/C23H25N5O2/c1-14(24-2)23(30)28-19-13-15(11-12-25-19)21-22(26-16-7-4-3-5-8-16)20-17(27-21)9-6-10-18(20)29/h3-5,7-8,11-14,24,26-27H,6,9-10H2,1-2H3,(H,25,28,30)/t14-/m1/s1. The zero-order valence-corrected chi connectivity index (χ0v) is 17.1. The number of benzene rings is 1. The molecule has 0 saturated heterocycles. The van der Waals surface area contributed by atoms with E-state index in [1.807, 2.05) is 42.5 Å². The summed E-state index contributed by atoms with van der Waals surface area (Å²) < 4.78 is 0. The van der Waals surface area contributed by atoms with Crippen molar-refractivity contribution in [3.05, 3.63) is 59.9 Å². The van der Waals surface area contributed by atoms with Crippen LogP contribution in [0, 0.1) is 0 Å². The fourth-order valence-electron chi connectivity index (χ4n) is 3.63. The summed E-state index contributed by atoms with van der Waals surface area (Å²) in [7, 11) is 1.73. The molecule has 0 saturated carbocycles. The molecule has 2 aromatic heterocycles. The van der Waals surface area contributed by atoms with Crippen molar-refractivity contribution in [1.29, 1.82) is 0 Å². The Morgan fingerprint density at radius 2 is 1.97 bits per heavy atom. The second-order valence-corrected chi connectivity index (χ2v) is 7.43. The highest BCUT2D eigenvalue weighted by atomic mass is 16.2. The van der Waals surface area contributed by atoms with E-state index in [4.69, 9.17) is 0 Å². The van der Waals surface area contributed by atoms with E-state index in [2.05, 4.69) is 25.9 Å². The van der Waals surface area contributed by atoms with Gasteiger partial charge in [-0.15, -0.1) is 0 Å². The largest absolute Gasteiger partial charge is 0.356 e. The molecule has 7 nitrogen and oxygen atoms in total. The van der Waals surface area contributed by atoms with Gasteiger partial charge in [0.1, 0.15) is 5.82 Å². The van der Waals surface area contributed by atoms with Crippen molar-refractivity contribution in [2.24, 2.45) is 0 Å². The average Bonchev–Trinajstić information content (AvgIpc) is 3.13. The highest BCUT2D eigenvalue weighted by Crippen LogP contribution is 2.39. The molecule has 1 amide bonds. The Bertz CT molecular complexity index is 1070. The van der Waals surface area contributed by atoms with E-state index in [1.165, 1.54) is 0 Å². The van der Waals surface area contributed by atoms with Gasteiger partial charge in [0.15, 0.2) is 5.78 Å². The monoisotopic (exact) mass is 403 g/mol. The molecule has 0 radical (unpaired) electrons. The normalized spacial score (nSPS) is 14.1. The van der Waals surface area contributed by atoms with Crippen molar-refractivity contribution in [3.8, 4) is 11.3 Å². The van der Waals surface area contributed by atoms with E-state index in [9.17, 15) is 9.59 Å². The van der Waals surface area contributed by atoms with Crippen molar-refractivity contribution in [1.82, 2.24) is 15.3 Å². The minimum absolute atomic E-state index is 0.141. The van der Waals surface area contributed by atoms with Gasteiger partial charge in [-0.1, -0.05) is 18.2 Å². The van der Waals surface area contributed by atoms with Crippen molar-refractivity contribution >= 4 is 28.9 Å². The molecule has 0 bridgehead atoms. The molecule has 7 heteroatoms. The van der Waals surface area contributed by atoms with E-state index in [1.54, 1.807) is 20.2 Å². The third kappa shape index (κ3) is 3.97. The second kappa shape index (κ2) is 8.51. The zero-order chi connectivity index (χ0) is 21.1. The summed E-state index contributed by atoms with van der Waals surface area (Å²) in [6.45, 7) is 1.78. The number of fused-ring (bicyclic) bond motifs is 1. The van der Waals surface area contributed by atoms with E-state index in [0.29, 0.717) is 12.2 Å². The summed E-state index contributed by atoms with van der Waals surface area (Å²) in [4.78, 5) is 32.7. The number of ketones is 1. The Morgan fingerprint density at radius 1 is 1.17 bits per heavy atom. The predicted molar refractivity (Wildman–Crippen MR) is 118 cm³/mol. The molecular weight excluding hydrogens is 378 g/mol. The predicted octanol–water partition coefficient (Wildman–Crippen LogP) is 3.89.